The van der Waals surface area contributed by atoms with E-state index in [1.54, 1.807) is 31.4 Å². The van der Waals surface area contributed by atoms with Crippen molar-refractivity contribution in [2.24, 2.45) is 4.99 Å². The van der Waals surface area contributed by atoms with E-state index in [-0.39, 0.29) is 24.0 Å². The average Bonchev–Trinajstić information content (AvgIpc) is 2.59. The molecule has 0 saturated heterocycles. The maximum Gasteiger partial charge on any atom is 0.191 e. The fraction of sp³-hybridized carbons (Fsp3) is 0.611. The molecule has 0 fully saturated rings. The zero-order valence-corrected chi connectivity index (χ0v) is 19.8. The molecule has 1 rings (SSSR count). The lowest BCUT2D eigenvalue weighted by atomic mass is 10.2. The van der Waals surface area contributed by atoms with Crippen LogP contribution in [0, 0.1) is 0 Å². The minimum Gasteiger partial charge on any atom is -0.385 e. The van der Waals surface area contributed by atoms with Gasteiger partial charge < -0.3 is 20.3 Å². The van der Waals surface area contributed by atoms with Gasteiger partial charge in [0, 0.05) is 46.2 Å². The minimum absolute atomic E-state index is 0. The molecule has 0 aliphatic rings. The Labute approximate surface area is 180 Å². The van der Waals surface area contributed by atoms with Gasteiger partial charge in [-0.05, 0) is 38.1 Å². The maximum atomic E-state index is 11.5. The number of nitrogens with zero attached hydrogens (tertiary/aromatic N) is 2. The van der Waals surface area contributed by atoms with Crippen molar-refractivity contribution in [3.63, 3.8) is 0 Å². The standard InChI is InChI=1S/C18H32N4O3S.HI/c1-5-19-18(20-11-13-22(2)12-6-14-25-3)21-15-16-7-9-17(10-8-16)26(4,23)24;/h7-10H,5-6,11-15H2,1-4H3,(H2,19,20,21);1H. The van der Waals surface area contributed by atoms with Gasteiger partial charge in [-0.1, -0.05) is 12.1 Å². The molecule has 156 valence electrons. The Kier molecular flexibility index (Phi) is 13.7. The van der Waals surface area contributed by atoms with E-state index in [0.717, 1.165) is 50.7 Å². The fourth-order valence-corrected chi connectivity index (χ4v) is 2.94. The molecule has 0 heterocycles. The summed E-state index contributed by atoms with van der Waals surface area (Å²) >= 11 is 0. The lowest BCUT2D eigenvalue weighted by Gasteiger charge is -2.18. The number of guanidine groups is 1. The Balaban J connectivity index is 0.00000676. The van der Waals surface area contributed by atoms with Crippen molar-refractivity contribution in [2.45, 2.75) is 24.8 Å². The highest BCUT2D eigenvalue weighted by atomic mass is 127. The minimum atomic E-state index is -3.16. The van der Waals surface area contributed by atoms with Crippen molar-refractivity contribution in [1.29, 1.82) is 0 Å². The van der Waals surface area contributed by atoms with E-state index >= 15 is 0 Å². The molecule has 0 bridgehead atoms. The highest BCUT2D eigenvalue weighted by molar-refractivity contribution is 14.0. The van der Waals surface area contributed by atoms with Crippen molar-refractivity contribution < 1.29 is 13.2 Å². The van der Waals surface area contributed by atoms with Crippen molar-refractivity contribution >= 4 is 39.8 Å². The first-order valence-electron chi connectivity index (χ1n) is 8.85. The molecule has 0 spiro atoms. The van der Waals surface area contributed by atoms with Crippen LogP contribution in [-0.4, -0.2) is 72.5 Å². The van der Waals surface area contributed by atoms with E-state index in [9.17, 15) is 8.42 Å². The van der Waals surface area contributed by atoms with Crippen LogP contribution in [0.3, 0.4) is 0 Å². The molecule has 0 saturated carbocycles. The number of rotatable bonds is 11. The third kappa shape index (κ3) is 11.5. The van der Waals surface area contributed by atoms with Crippen LogP contribution in [0.2, 0.25) is 0 Å². The van der Waals surface area contributed by atoms with Gasteiger partial charge in [-0.2, -0.15) is 0 Å². The first kappa shape index (κ1) is 26.1. The van der Waals surface area contributed by atoms with E-state index in [1.807, 2.05) is 6.92 Å². The largest absolute Gasteiger partial charge is 0.385 e. The lowest BCUT2D eigenvalue weighted by Crippen LogP contribution is -2.41. The third-order valence-electron chi connectivity index (χ3n) is 3.79. The number of benzene rings is 1. The van der Waals surface area contributed by atoms with Crippen LogP contribution in [0.15, 0.2) is 34.2 Å². The molecule has 1 aromatic rings. The van der Waals surface area contributed by atoms with Gasteiger partial charge in [0.15, 0.2) is 15.8 Å². The van der Waals surface area contributed by atoms with Crippen LogP contribution < -0.4 is 10.6 Å². The molecule has 0 amide bonds. The summed E-state index contributed by atoms with van der Waals surface area (Å²) < 4.78 is 28.0. The van der Waals surface area contributed by atoms with Crippen LogP contribution in [0.4, 0.5) is 0 Å². The summed E-state index contributed by atoms with van der Waals surface area (Å²) in [6.07, 6.45) is 2.23. The van der Waals surface area contributed by atoms with E-state index in [2.05, 4.69) is 27.6 Å². The van der Waals surface area contributed by atoms with Gasteiger partial charge in [-0.25, -0.2) is 13.4 Å². The van der Waals surface area contributed by atoms with Gasteiger partial charge >= 0.3 is 0 Å². The van der Waals surface area contributed by atoms with Gasteiger partial charge in [0.05, 0.1) is 11.4 Å². The molecule has 0 aliphatic heterocycles. The number of methoxy groups -OCH3 is 1. The van der Waals surface area contributed by atoms with Gasteiger partial charge in [0.1, 0.15) is 0 Å². The molecule has 0 unspecified atom stereocenters. The molecule has 0 aromatic heterocycles. The summed E-state index contributed by atoms with van der Waals surface area (Å²) in [5, 5.41) is 6.54. The second kappa shape index (κ2) is 14.1. The fourth-order valence-electron chi connectivity index (χ4n) is 2.31. The van der Waals surface area contributed by atoms with Crippen LogP contribution in [0.1, 0.15) is 18.9 Å². The molecular weight excluding hydrogens is 479 g/mol. The SMILES string of the molecule is CCNC(=NCc1ccc(S(C)(=O)=O)cc1)NCCN(C)CCCOC.I. The van der Waals surface area contributed by atoms with Crippen molar-refractivity contribution in [2.75, 3.05) is 53.2 Å². The predicted octanol–water partition coefficient (Wildman–Crippen LogP) is 1.73. The van der Waals surface area contributed by atoms with Crippen molar-refractivity contribution in [3.8, 4) is 0 Å². The molecule has 0 aliphatic carbocycles. The molecule has 7 nitrogen and oxygen atoms in total. The Hall–Kier alpha value is -0.910. The second-order valence-electron chi connectivity index (χ2n) is 6.19. The maximum absolute atomic E-state index is 11.5. The number of halogens is 1. The Morgan fingerprint density at radius 1 is 1.19 bits per heavy atom. The molecule has 27 heavy (non-hydrogen) atoms. The zero-order valence-electron chi connectivity index (χ0n) is 16.7. The molecule has 1 aromatic carbocycles. The normalized spacial score (nSPS) is 12.0. The predicted molar refractivity (Wildman–Crippen MR) is 122 cm³/mol. The summed E-state index contributed by atoms with van der Waals surface area (Å²) in [7, 11) is 0.644. The van der Waals surface area contributed by atoms with E-state index in [0.29, 0.717) is 11.4 Å². The Morgan fingerprint density at radius 2 is 1.85 bits per heavy atom. The molecular formula is C18H33IN4O3S. The van der Waals surface area contributed by atoms with E-state index in [4.69, 9.17) is 4.74 Å². The lowest BCUT2D eigenvalue weighted by molar-refractivity contribution is 0.180. The third-order valence-corrected chi connectivity index (χ3v) is 4.92. The van der Waals surface area contributed by atoms with Gasteiger partial charge in [-0.3, -0.25) is 0 Å². The topological polar surface area (TPSA) is 83.0 Å². The molecule has 9 heteroatoms. The average molecular weight is 512 g/mol. The highest BCUT2D eigenvalue weighted by Gasteiger charge is 2.06. The number of sulfone groups is 1. The summed E-state index contributed by atoms with van der Waals surface area (Å²) in [6.45, 7) is 6.77. The number of hydrogen-bond acceptors (Lipinski definition) is 5. The Bertz CT molecular complexity index is 651. The van der Waals surface area contributed by atoms with Crippen LogP contribution >= 0.6 is 24.0 Å². The monoisotopic (exact) mass is 512 g/mol. The number of hydrogen-bond donors (Lipinski definition) is 2. The number of likely N-dealkylation sites (N-methyl/N-ethyl adjacent to an activating group) is 1. The van der Waals surface area contributed by atoms with Crippen molar-refractivity contribution in [1.82, 2.24) is 15.5 Å². The summed E-state index contributed by atoms with van der Waals surface area (Å²) in [6, 6.07) is 6.84. The first-order chi connectivity index (χ1) is 12.4. The first-order valence-corrected chi connectivity index (χ1v) is 10.7. The quantitative estimate of drug-likeness (QED) is 0.204. The van der Waals surface area contributed by atoms with Crippen LogP contribution in [0.25, 0.3) is 0 Å². The zero-order chi connectivity index (χ0) is 19.4. The summed E-state index contributed by atoms with van der Waals surface area (Å²) in [5.74, 6) is 0.755. The second-order valence-corrected chi connectivity index (χ2v) is 8.20. The smallest absolute Gasteiger partial charge is 0.191 e. The number of ether oxygens (including phenoxy) is 1. The number of aliphatic imine (C=N–C) groups is 1. The van der Waals surface area contributed by atoms with Crippen molar-refractivity contribution in [3.05, 3.63) is 29.8 Å². The van der Waals surface area contributed by atoms with E-state index < -0.39 is 9.84 Å². The van der Waals surface area contributed by atoms with Gasteiger partial charge in [-0.15, -0.1) is 24.0 Å². The van der Waals surface area contributed by atoms with Gasteiger partial charge in [0.25, 0.3) is 0 Å². The molecule has 0 atom stereocenters. The molecule has 0 radical (unpaired) electrons. The summed E-state index contributed by atoms with van der Waals surface area (Å²) in [5.41, 5.74) is 0.964. The van der Waals surface area contributed by atoms with Gasteiger partial charge in [0.2, 0.25) is 0 Å². The number of nitrogens with one attached hydrogen (secondary N) is 2. The molecule has 2 N–H and O–H groups in total. The summed E-state index contributed by atoms with van der Waals surface area (Å²) in [4.78, 5) is 7.13. The van der Waals surface area contributed by atoms with Crippen LogP contribution in [-0.2, 0) is 21.1 Å². The van der Waals surface area contributed by atoms with Crippen LogP contribution in [0.5, 0.6) is 0 Å². The highest BCUT2D eigenvalue weighted by Crippen LogP contribution is 2.10. The Morgan fingerprint density at radius 3 is 2.41 bits per heavy atom. The van der Waals surface area contributed by atoms with E-state index in [1.165, 1.54) is 6.26 Å².